The third-order valence-electron chi connectivity index (χ3n) is 2.11. The monoisotopic (exact) mass is 180 g/mol. The zero-order valence-corrected chi connectivity index (χ0v) is 7.29. The van der Waals surface area contributed by atoms with Gasteiger partial charge in [-0.1, -0.05) is 0 Å². The first-order valence-corrected chi connectivity index (χ1v) is 4.37. The van der Waals surface area contributed by atoms with Gasteiger partial charge in [0.1, 0.15) is 0 Å². The number of H-pyrrole nitrogens is 1. The first kappa shape index (κ1) is 8.25. The lowest BCUT2D eigenvalue weighted by atomic mass is 10.3. The van der Waals surface area contributed by atoms with E-state index < -0.39 is 0 Å². The van der Waals surface area contributed by atoms with E-state index in [9.17, 15) is 4.79 Å². The molecule has 0 amide bonds. The molecular weight excluding hydrogens is 168 g/mol. The number of nitrogens with zero attached hydrogens (tertiary/aromatic N) is 2. The van der Waals surface area contributed by atoms with Crippen molar-refractivity contribution < 1.29 is 0 Å². The van der Waals surface area contributed by atoms with Crippen LogP contribution in [0.3, 0.4) is 0 Å². The Labute approximate surface area is 75.8 Å². The fraction of sp³-hybridized carbons (Fsp3) is 0.500. The molecule has 0 unspecified atom stereocenters. The van der Waals surface area contributed by atoms with Crippen LogP contribution in [0.4, 0.5) is 5.82 Å². The highest BCUT2D eigenvalue weighted by Crippen LogP contribution is 2.02. The molecule has 2 rings (SSSR count). The first-order chi connectivity index (χ1) is 6.38. The smallest absolute Gasteiger partial charge is 0.290 e. The number of aromatic nitrogens is 2. The second-order valence-corrected chi connectivity index (χ2v) is 2.98. The van der Waals surface area contributed by atoms with E-state index >= 15 is 0 Å². The Bertz CT molecular complexity index is 329. The molecule has 5 heteroatoms. The first-order valence-electron chi connectivity index (χ1n) is 4.37. The van der Waals surface area contributed by atoms with Crippen LogP contribution in [-0.4, -0.2) is 36.1 Å². The fourth-order valence-corrected chi connectivity index (χ4v) is 1.45. The molecule has 1 aliphatic rings. The van der Waals surface area contributed by atoms with Gasteiger partial charge in [-0.2, -0.15) is 0 Å². The molecule has 0 spiro atoms. The number of nitrogens with one attached hydrogen (secondary N) is 2. The van der Waals surface area contributed by atoms with Crippen molar-refractivity contribution in [2.45, 2.75) is 0 Å². The lowest BCUT2D eigenvalue weighted by Gasteiger charge is -2.27. The summed E-state index contributed by atoms with van der Waals surface area (Å²) in [4.78, 5) is 20.0. The predicted octanol–water partition coefficient (Wildman–Crippen LogP) is -0.821. The van der Waals surface area contributed by atoms with Gasteiger partial charge in [-0.15, -0.1) is 0 Å². The summed E-state index contributed by atoms with van der Waals surface area (Å²) < 4.78 is 0. The maximum atomic E-state index is 11.3. The third-order valence-corrected chi connectivity index (χ3v) is 2.11. The molecule has 0 aliphatic carbocycles. The molecule has 1 fully saturated rings. The van der Waals surface area contributed by atoms with Gasteiger partial charge in [0.25, 0.3) is 5.56 Å². The van der Waals surface area contributed by atoms with Gasteiger partial charge in [0.15, 0.2) is 5.82 Å². The van der Waals surface area contributed by atoms with Crippen molar-refractivity contribution in [2.24, 2.45) is 0 Å². The van der Waals surface area contributed by atoms with Crippen molar-refractivity contribution in [3.63, 3.8) is 0 Å². The van der Waals surface area contributed by atoms with Crippen LogP contribution >= 0.6 is 0 Å². The van der Waals surface area contributed by atoms with Gasteiger partial charge in [-0.3, -0.25) is 4.79 Å². The van der Waals surface area contributed by atoms with Gasteiger partial charge in [-0.05, 0) is 0 Å². The van der Waals surface area contributed by atoms with E-state index in [-0.39, 0.29) is 5.56 Å². The number of hydrogen-bond acceptors (Lipinski definition) is 4. The van der Waals surface area contributed by atoms with E-state index in [1.54, 1.807) is 12.4 Å². The number of anilines is 1. The summed E-state index contributed by atoms with van der Waals surface area (Å²) in [7, 11) is 0. The second-order valence-electron chi connectivity index (χ2n) is 2.98. The number of hydrogen-bond donors (Lipinski definition) is 2. The van der Waals surface area contributed by atoms with Gasteiger partial charge >= 0.3 is 0 Å². The molecule has 1 aromatic heterocycles. The summed E-state index contributed by atoms with van der Waals surface area (Å²) in [5.41, 5.74) is -0.107. The summed E-state index contributed by atoms with van der Waals surface area (Å²) in [6, 6.07) is 0. The van der Waals surface area contributed by atoms with Crippen molar-refractivity contribution in [1.29, 1.82) is 0 Å². The maximum absolute atomic E-state index is 11.3. The number of piperazine rings is 1. The summed E-state index contributed by atoms with van der Waals surface area (Å²) in [6.45, 7) is 3.52. The lowest BCUT2D eigenvalue weighted by Crippen LogP contribution is -2.45. The van der Waals surface area contributed by atoms with Crippen LogP contribution in [0.15, 0.2) is 17.2 Å². The zero-order chi connectivity index (χ0) is 9.10. The Morgan fingerprint density at radius 1 is 1.38 bits per heavy atom. The molecule has 0 bridgehead atoms. The average molecular weight is 180 g/mol. The Morgan fingerprint density at radius 3 is 2.85 bits per heavy atom. The zero-order valence-electron chi connectivity index (χ0n) is 7.29. The molecule has 1 saturated heterocycles. The Morgan fingerprint density at radius 2 is 2.15 bits per heavy atom. The number of rotatable bonds is 1. The highest BCUT2D eigenvalue weighted by Gasteiger charge is 2.13. The van der Waals surface area contributed by atoms with E-state index in [1.165, 1.54) is 0 Å². The van der Waals surface area contributed by atoms with Crippen molar-refractivity contribution in [2.75, 3.05) is 31.1 Å². The standard InChI is InChI=1S/C8H12N4O/c13-8-7(10-1-2-11-8)12-5-3-9-4-6-12/h1-2,9H,3-6H2,(H,11,13). The molecule has 70 valence electrons. The van der Waals surface area contributed by atoms with Crippen molar-refractivity contribution in [1.82, 2.24) is 15.3 Å². The minimum absolute atomic E-state index is 0.107. The average Bonchev–Trinajstić information content (AvgIpc) is 2.20. The summed E-state index contributed by atoms with van der Waals surface area (Å²) >= 11 is 0. The Kier molecular flexibility index (Phi) is 2.27. The van der Waals surface area contributed by atoms with Gasteiger partial charge in [0, 0.05) is 38.6 Å². The summed E-state index contributed by atoms with van der Waals surface area (Å²) in [5.74, 6) is 0.531. The van der Waals surface area contributed by atoms with Gasteiger partial charge in [0.2, 0.25) is 0 Å². The molecule has 13 heavy (non-hydrogen) atoms. The predicted molar refractivity (Wildman–Crippen MR) is 49.9 cm³/mol. The maximum Gasteiger partial charge on any atom is 0.290 e. The lowest BCUT2D eigenvalue weighted by molar-refractivity contribution is 0.583. The molecule has 0 saturated carbocycles. The molecule has 2 heterocycles. The van der Waals surface area contributed by atoms with Crippen LogP contribution in [0.1, 0.15) is 0 Å². The van der Waals surface area contributed by atoms with Gasteiger partial charge in [-0.25, -0.2) is 4.98 Å². The summed E-state index contributed by atoms with van der Waals surface area (Å²) in [6.07, 6.45) is 3.16. The fourth-order valence-electron chi connectivity index (χ4n) is 1.45. The Balaban J connectivity index is 2.24. The van der Waals surface area contributed by atoms with Crippen LogP contribution in [-0.2, 0) is 0 Å². The SMILES string of the molecule is O=c1[nH]ccnc1N1CCNCC1. The largest absolute Gasteiger partial charge is 0.349 e. The third kappa shape index (κ3) is 1.70. The van der Waals surface area contributed by atoms with Crippen LogP contribution in [0, 0.1) is 0 Å². The molecule has 5 nitrogen and oxygen atoms in total. The van der Waals surface area contributed by atoms with Crippen molar-refractivity contribution in [3.8, 4) is 0 Å². The normalized spacial score (nSPS) is 17.4. The molecule has 0 atom stereocenters. The minimum atomic E-state index is -0.107. The topological polar surface area (TPSA) is 61.0 Å². The summed E-state index contributed by atoms with van der Waals surface area (Å²) in [5, 5.41) is 3.22. The molecule has 0 radical (unpaired) electrons. The van der Waals surface area contributed by atoms with E-state index in [0.717, 1.165) is 26.2 Å². The van der Waals surface area contributed by atoms with E-state index in [2.05, 4.69) is 15.3 Å². The highest BCUT2D eigenvalue weighted by atomic mass is 16.1. The van der Waals surface area contributed by atoms with E-state index in [4.69, 9.17) is 0 Å². The van der Waals surface area contributed by atoms with Crippen LogP contribution < -0.4 is 15.8 Å². The van der Waals surface area contributed by atoms with Crippen molar-refractivity contribution in [3.05, 3.63) is 22.7 Å². The number of aromatic amines is 1. The van der Waals surface area contributed by atoms with E-state index in [1.807, 2.05) is 4.90 Å². The van der Waals surface area contributed by atoms with Crippen LogP contribution in [0.25, 0.3) is 0 Å². The van der Waals surface area contributed by atoms with E-state index in [0.29, 0.717) is 5.82 Å². The highest BCUT2D eigenvalue weighted by molar-refractivity contribution is 5.35. The van der Waals surface area contributed by atoms with Crippen LogP contribution in [0.2, 0.25) is 0 Å². The van der Waals surface area contributed by atoms with Gasteiger partial charge < -0.3 is 15.2 Å². The second kappa shape index (κ2) is 3.57. The molecule has 0 aromatic carbocycles. The van der Waals surface area contributed by atoms with Crippen molar-refractivity contribution >= 4 is 5.82 Å². The molecule has 1 aliphatic heterocycles. The van der Waals surface area contributed by atoms with Crippen LogP contribution in [0.5, 0.6) is 0 Å². The Hall–Kier alpha value is -1.36. The molecular formula is C8H12N4O. The minimum Gasteiger partial charge on any atom is -0.349 e. The molecule has 1 aromatic rings. The molecule has 2 N–H and O–H groups in total. The van der Waals surface area contributed by atoms with Gasteiger partial charge in [0.05, 0.1) is 0 Å². The quantitative estimate of drug-likeness (QED) is 0.592.